The topological polar surface area (TPSA) is 57.5 Å². The van der Waals surface area contributed by atoms with Gasteiger partial charge in [-0.1, -0.05) is 0 Å². The Bertz CT molecular complexity index is 297. The van der Waals surface area contributed by atoms with E-state index in [1.807, 2.05) is 0 Å². The van der Waals surface area contributed by atoms with Crippen LogP contribution in [0.15, 0.2) is 22.7 Å². The third kappa shape index (κ3) is 6.10. The van der Waals surface area contributed by atoms with E-state index in [1.54, 1.807) is 0 Å². The molecular weight excluding hydrogens is 243 g/mol. The van der Waals surface area contributed by atoms with Gasteiger partial charge in [-0.3, -0.25) is 4.79 Å². The first kappa shape index (κ1) is 11.9. The van der Waals surface area contributed by atoms with Crippen LogP contribution in [0.25, 0.3) is 0 Å². The molecule has 0 saturated heterocycles. The lowest BCUT2D eigenvalue weighted by molar-refractivity contribution is -0.134. The Morgan fingerprint density at radius 3 is 2.31 bits per heavy atom. The molecule has 1 aromatic rings. The fourth-order valence-corrected chi connectivity index (χ4v) is 0.852. The highest BCUT2D eigenvalue weighted by Crippen LogP contribution is 2.19. The first-order valence-electron chi connectivity index (χ1n) is 3.27. The number of carboxylic acids is 1. The average molecular weight is 251 g/mol. The molecule has 0 unspecified atom stereocenters. The van der Waals surface area contributed by atoms with Crippen molar-refractivity contribution in [1.29, 1.82) is 0 Å². The normalized spacial score (nSPS) is 8.54. The fraction of sp³-hybridized carbons (Fsp3) is 0.125. The van der Waals surface area contributed by atoms with E-state index < -0.39 is 5.97 Å². The van der Waals surface area contributed by atoms with Gasteiger partial charge in [0.15, 0.2) is 0 Å². The van der Waals surface area contributed by atoms with E-state index in [2.05, 4.69) is 15.9 Å². The molecule has 0 radical (unpaired) electrons. The molecule has 0 aliphatic rings. The van der Waals surface area contributed by atoms with Crippen LogP contribution in [0.1, 0.15) is 6.92 Å². The summed E-state index contributed by atoms with van der Waals surface area (Å²) in [6.07, 6.45) is 0. The zero-order valence-electron chi connectivity index (χ0n) is 6.79. The number of hydrogen-bond donors (Lipinski definition) is 2. The number of carboxylic acid groups (broad SMARTS) is 1. The van der Waals surface area contributed by atoms with Gasteiger partial charge in [0.25, 0.3) is 5.97 Å². The van der Waals surface area contributed by atoms with Crippen molar-refractivity contribution in [1.82, 2.24) is 0 Å². The van der Waals surface area contributed by atoms with Crippen molar-refractivity contribution in [3.05, 3.63) is 28.5 Å². The molecule has 0 fully saturated rings. The predicted molar refractivity (Wildman–Crippen MR) is 49.1 cm³/mol. The minimum absolute atomic E-state index is 0.0586. The van der Waals surface area contributed by atoms with Crippen LogP contribution in [-0.4, -0.2) is 16.2 Å². The first-order chi connectivity index (χ1) is 5.93. The van der Waals surface area contributed by atoms with Crippen molar-refractivity contribution in [2.24, 2.45) is 0 Å². The van der Waals surface area contributed by atoms with Gasteiger partial charge in [0.2, 0.25) is 0 Å². The minimum atomic E-state index is -0.833. The van der Waals surface area contributed by atoms with Gasteiger partial charge < -0.3 is 10.2 Å². The highest BCUT2D eigenvalue weighted by Gasteiger charge is 1.96. The molecule has 0 aromatic heterocycles. The van der Waals surface area contributed by atoms with Crippen molar-refractivity contribution in [3.63, 3.8) is 0 Å². The Morgan fingerprint density at radius 1 is 1.54 bits per heavy atom. The molecule has 0 aliphatic heterocycles. The van der Waals surface area contributed by atoms with Crippen molar-refractivity contribution in [3.8, 4) is 5.75 Å². The van der Waals surface area contributed by atoms with Gasteiger partial charge >= 0.3 is 0 Å². The molecular formula is C8H8BrFO3. The van der Waals surface area contributed by atoms with Crippen molar-refractivity contribution in [2.45, 2.75) is 6.92 Å². The maximum atomic E-state index is 12.3. The smallest absolute Gasteiger partial charge is 0.300 e. The van der Waals surface area contributed by atoms with Crippen LogP contribution < -0.4 is 0 Å². The Morgan fingerprint density at radius 2 is 2.00 bits per heavy atom. The number of rotatable bonds is 0. The predicted octanol–water partition coefficient (Wildman–Crippen LogP) is 2.38. The summed E-state index contributed by atoms with van der Waals surface area (Å²) in [7, 11) is 0. The van der Waals surface area contributed by atoms with Gasteiger partial charge in [-0.2, -0.15) is 0 Å². The first-order valence-corrected chi connectivity index (χ1v) is 4.06. The standard InChI is InChI=1S/C6H4BrFO.C2H4O2/c7-5-3-4(9)1-2-6(5)8;1-2(3)4/h1-3,9H;1H3,(H,3,4). The molecule has 1 rings (SSSR count). The highest BCUT2D eigenvalue weighted by atomic mass is 79.9. The number of halogens is 2. The summed E-state index contributed by atoms with van der Waals surface area (Å²) in [5, 5.41) is 16.2. The molecule has 0 spiro atoms. The molecule has 0 heterocycles. The zero-order chi connectivity index (χ0) is 10.4. The second kappa shape index (κ2) is 5.53. The monoisotopic (exact) mass is 250 g/mol. The number of aromatic hydroxyl groups is 1. The molecule has 1 aromatic carbocycles. The second-order valence-corrected chi connectivity index (χ2v) is 2.97. The van der Waals surface area contributed by atoms with Crippen molar-refractivity contribution in [2.75, 3.05) is 0 Å². The summed E-state index contributed by atoms with van der Waals surface area (Å²) in [5.41, 5.74) is 0. The molecule has 13 heavy (non-hydrogen) atoms. The van der Waals surface area contributed by atoms with E-state index in [9.17, 15) is 4.39 Å². The van der Waals surface area contributed by atoms with Crippen molar-refractivity contribution >= 4 is 21.9 Å². The summed E-state index contributed by atoms with van der Waals surface area (Å²) in [4.78, 5) is 9.00. The second-order valence-electron chi connectivity index (χ2n) is 2.12. The number of phenolic OH excluding ortho intramolecular Hbond substituents is 1. The van der Waals surface area contributed by atoms with E-state index in [-0.39, 0.29) is 16.0 Å². The highest BCUT2D eigenvalue weighted by molar-refractivity contribution is 9.10. The quantitative estimate of drug-likeness (QED) is 0.744. The van der Waals surface area contributed by atoms with Gasteiger partial charge in [-0.05, 0) is 34.1 Å². The number of hydrogen-bond acceptors (Lipinski definition) is 2. The molecule has 5 heteroatoms. The summed E-state index contributed by atoms with van der Waals surface area (Å²) < 4.78 is 12.6. The molecule has 3 nitrogen and oxygen atoms in total. The van der Waals surface area contributed by atoms with E-state index in [0.29, 0.717) is 0 Å². The Hall–Kier alpha value is -1.10. The fourth-order valence-electron chi connectivity index (χ4n) is 0.485. The van der Waals surface area contributed by atoms with E-state index in [1.165, 1.54) is 18.2 Å². The SMILES string of the molecule is CC(=O)O.Oc1ccc(F)c(Br)c1. The average Bonchev–Trinajstić information content (AvgIpc) is 1.96. The van der Waals surface area contributed by atoms with Crippen LogP contribution >= 0.6 is 15.9 Å². The number of aliphatic carboxylic acids is 1. The lowest BCUT2D eigenvalue weighted by atomic mass is 10.3. The Labute approximate surface area is 83.0 Å². The number of benzene rings is 1. The summed E-state index contributed by atoms with van der Waals surface area (Å²) in [5.74, 6) is -1.14. The largest absolute Gasteiger partial charge is 0.508 e. The van der Waals surface area contributed by atoms with Gasteiger partial charge in [0.1, 0.15) is 11.6 Å². The van der Waals surface area contributed by atoms with E-state index >= 15 is 0 Å². The lowest BCUT2D eigenvalue weighted by Crippen LogP contribution is -1.78. The van der Waals surface area contributed by atoms with Gasteiger partial charge in [-0.25, -0.2) is 4.39 Å². The Balaban J connectivity index is 0.000000310. The maximum absolute atomic E-state index is 12.3. The van der Waals surface area contributed by atoms with Crippen LogP contribution in [0, 0.1) is 5.82 Å². The van der Waals surface area contributed by atoms with Crippen LogP contribution in [-0.2, 0) is 4.79 Å². The molecule has 0 amide bonds. The van der Waals surface area contributed by atoms with Gasteiger partial charge in [0, 0.05) is 6.92 Å². The summed E-state index contributed by atoms with van der Waals surface area (Å²) in [6.45, 7) is 1.08. The lowest BCUT2D eigenvalue weighted by Gasteiger charge is -1.92. The molecule has 72 valence electrons. The molecule has 0 atom stereocenters. The van der Waals surface area contributed by atoms with E-state index in [0.717, 1.165) is 6.92 Å². The van der Waals surface area contributed by atoms with Gasteiger partial charge in [0.05, 0.1) is 4.47 Å². The zero-order valence-corrected chi connectivity index (χ0v) is 8.38. The number of carbonyl (C=O) groups is 1. The maximum Gasteiger partial charge on any atom is 0.300 e. The third-order valence-corrected chi connectivity index (χ3v) is 1.51. The third-order valence-electron chi connectivity index (χ3n) is 0.903. The van der Waals surface area contributed by atoms with Crippen LogP contribution in [0.2, 0.25) is 0 Å². The van der Waals surface area contributed by atoms with Crippen LogP contribution in [0.5, 0.6) is 5.75 Å². The molecule has 0 aliphatic carbocycles. The summed E-state index contributed by atoms with van der Waals surface area (Å²) >= 11 is 2.91. The summed E-state index contributed by atoms with van der Waals surface area (Å²) in [6, 6.07) is 3.79. The van der Waals surface area contributed by atoms with Crippen molar-refractivity contribution < 1.29 is 19.4 Å². The van der Waals surface area contributed by atoms with E-state index in [4.69, 9.17) is 15.0 Å². The number of phenols is 1. The van der Waals surface area contributed by atoms with Crippen LogP contribution in [0.3, 0.4) is 0 Å². The van der Waals surface area contributed by atoms with Crippen LogP contribution in [0.4, 0.5) is 4.39 Å². The molecule has 0 saturated carbocycles. The Kier molecular flexibility index (Phi) is 5.06. The molecule has 0 bridgehead atoms. The minimum Gasteiger partial charge on any atom is -0.508 e. The molecule has 2 N–H and O–H groups in total. The van der Waals surface area contributed by atoms with Gasteiger partial charge in [-0.15, -0.1) is 0 Å².